The molecule has 1 aromatic carbocycles. The Hall–Kier alpha value is -2.00. The maximum absolute atomic E-state index is 3.96. The molecule has 1 aromatic rings. The fourth-order valence-corrected chi connectivity index (χ4v) is 1.39. The predicted molar refractivity (Wildman–Crippen MR) is 75.6 cm³/mol. The van der Waals surface area contributed by atoms with Crippen molar-refractivity contribution in [3.63, 3.8) is 0 Å². The van der Waals surface area contributed by atoms with Gasteiger partial charge in [0.2, 0.25) is 0 Å². The molecule has 0 saturated carbocycles. The second-order valence-electron chi connectivity index (χ2n) is 4.14. The molecule has 0 atom stereocenters. The van der Waals surface area contributed by atoms with Crippen molar-refractivity contribution >= 4 is 0 Å². The molecule has 0 aromatic heterocycles. The second kappa shape index (κ2) is 6.55. The SMILES string of the molecule is C=C(C)/C=C(/CC#Cc1ccccc1)C(=C)C. The van der Waals surface area contributed by atoms with Crippen LogP contribution in [0, 0.1) is 11.8 Å². The van der Waals surface area contributed by atoms with Crippen molar-refractivity contribution in [2.24, 2.45) is 0 Å². The van der Waals surface area contributed by atoms with Crippen molar-refractivity contribution in [2.45, 2.75) is 20.3 Å². The zero-order valence-corrected chi connectivity index (χ0v) is 10.6. The molecule has 17 heavy (non-hydrogen) atoms. The minimum Gasteiger partial charge on any atom is -0.0961 e. The first-order valence-electron chi connectivity index (χ1n) is 5.65. The van der Waals surface area contributed by atoms with Crippen molar-refractivity contribution in [2.75, 3.05) is 0 Å². The van der Waals surface area contributed by atoms with Crippen molar-refractivity contribution < 1.29 is 0 Å². The average molecular weight is 222 g/mol. The van der Waals surface area contributed by atoms with Crippen LogP contribution in [0.25, 0.3) is 0 Å². The van der Waals surface area contributed by atoms with Gasteiger partial charge in [-0.25, -0.2) is 0 Å². The van der Waals surface area contributed by atoms with Gasteiger partial charge in [0.1, 0.15) is 0 Å². The highest BCUT2D eigenvalue weighted by Crippen LogP contribution is 2.13. The zero-order valence-electron chi connectivity index (χ0n) is 10.6. The maximum Gasteiger partial charge on any atom is 0.0346 e. The highest BCUT2D eigenvalue weighted by atomic mass is 14.0. The van der Waals surface area contributed by atoms with Crippen molar-refractivity contribution in [1.82, 2.24) is 0 Å². The first-order chi connectivity index (χ1) is 8.09. The van der Waals surface area contributed by atoms with E-state index in [2.05, 4.69) is 25.0 Å². The Labute approximate surface area is 104 Å². The van der Waals surface area contributed by atoms with E-state index in [1.165, 1.54) is 0 Å². The van der Waals surface area contributed by atoms with E-state index in [1.807, 2.05) is 50.3 Å². The van der Waals surface area contributed by atoms with Crippen LogP contribution in [0.15, 0.2) is 66.3 Å². The Morgan fingerprint density at radius 1 is 1.18 bits per heavy atom. The fourth-order valence-electron chi connectivity index (χ4n) is 1.39. The molecular weight excluding hydrogens is 204 g/mol. The molecule has 0 nitrogen and oxygen atoms in total. The molecule has 0 fully saturated rings. The van der Waals surface area contributed by atoms with Crippen molar-refractivity contribution in [3.8, 4) is 11.8 Å². The van der Waals surface area contributed by atoms with Crippen LogP contribution in [0.5, 0.6) is 0 Å². The summed E-state index contributed by atoms with van der Waals surface area (Å²) in [6.07, 6.45) is 2.76. The largest absolute Gasteiger partial charge is 0.0961 e. The van der Waals surface area contributed by atoms with E-state index in [-0.39, 0.29) is 0 Å². The number of hydrogen-bond acceptors (Lipinski definition) is 0. The summed E-state index contributed by atoms with van der Waals surface area (Å²) in [6.45, 7) is 11.8. The third-order valence-electron chi connectivity index (χ3n) is 2.25. The highest BCUT2D eigenvalue weighted by Gasteiger charge is 1.95. The molecule has 0 bridgehead atoms. The second-order valence-corrected chi connectivity index (χ2v) is 4.14. The molecule has 0 aliphatic heterocycles. The molecule has 0 heterocycles. The van der Waals surface area contributed by atoms with Gasteiger partial charge in [0.25, 0.3) is 0 Å². The molecule has 0 saturated heterocycles. The number of hydrogen-bond donors (Lipinski definition) is 0. The summed E-state index contributed by atoms with van der Waals surface area (Å²) >= 11 is 0. The summed E-state index contributed by atoms with van der Waals surface area (Å²) in [5.74, 6) is 6.31. The summed E-state index contributed by atoms with van der Waals surface area (Å²) in [6, 6.07) is 10.00. The Kier molecular flexibility index (Phi) is 5.04. The van der Waals surface area contributed by atoms with E-state index < -0.39 is 0 Å². The van der Waals surface area contributed by atoms with E-state index in [1.54, 1.807) is 0 Å². The van der Waals surface area contributed by atoms with E-state index in [0.717, 1.165) is 28.7 Å². The summed E-state index contributed by atoms with van der Waals surface area (Å²) in [5.41, 5.74) is 4.28. The smallest absolute Gasteiger partial charge is 0.0346 e. The van der Waals surface area contributed by atoms with Gasteiger partial charge >= 0.3 is 0 Å². The third kappa shape index (κ3) is 5.04. The lowest BCUT2D eigenvalue weighted by Gasteiger charge is -2.01. The molecule has 86 valence electrons. The summed E-state index contributed by atoms with van der Waals surface area (Å²) in [5, 5.41) is 0. The van der Waals surface area contributed by atoms with Crippen LogP contribution in [-0.2, 0) is 0 Å². The molecule has 0 aliphatic carbocycles. The zero-order chi connectivity index (χ0) is 12.7. The Morgan fingerprint density at radius 3 is 2.35 bits per heavy atom. The Morgan fingerprint density at radius 2 is 1.82 bits per heavy atom. The quantitative estimate of drug-likeness (QED) is 0.521. The van der Waals surface area contributed by atoms with E-state index in [0.29, 0.717) is 0 Å². The molecule has 1 rings (SSSR count). The molecule has 0 aliphatic rings. The van der Waals surface area contributed by atoms with Crippen molar-refractivity contribution in [1.29, 1.82) is 0 Å². The van der Waals surface area contributed by atoms with E-state index in [9.17, 15) is 0 Å². The number of benzene rings is 1. The maximum atomic E-state index is 3.96. The summed E-state index contributed by atoms with van der Waals surface area (Å²) in [7, 11) is 0. The first kappa shape index (κ1) is 13.1. The first-order valence-corrected chi connectivity index (χ1v) is 5.65. The van der Waals surface area contributed by atoms with Gasteiger partial charge in [0.05, 0.1) is 0 Å². The van der Waals surface area contributed by atoms with Gasteiger partial charge in [-0.2, -0.15) is 0 Å². The van der Waals surface area contributed by atoms with Crippen LogP contribution in [-0.4, -0.2) is 0 Å². The van der Waals surface area contributed by atoms with Gasteiger partial charge in [0, 0.05) is 12.0 Å². The Bertz CT molecular complexity index is 490. The number of allylic oxidation sites excluding steroid dienone is 4. The standard InChI is InChI=1S/C17H18/c1-14(2)13-17(15(3)4)12-8-11-16-9-6-5-7-10-16/h5-7,9-10,13H,1,3,12H2,2,4H3/b17-13-. The van der Waals surface area contributed by atoms with Gasteiger partial charge in [0.15, 0.2) is 0 Å². The molecule has 0 radical (unpaired) electrons. The van der Waals surface area contributed by atoms with Gasteiger partial charge in [-0.3, -0.25) is 0 Å². The molecular formula is C17H18. The van der Waals surface area contributed by atoms with Crippen molar-refractivity contribution in [3.05, 3.63) is 71.8 Å². The van der Waals surface area contributed by atoms with E-state index >= 15 is 0 Å². The molecule has 0 heteroatoms. The van der Waals surface area contributed by atoms with Crippen LogP contribution in [0.1, 0.15) is 25.8 Å². The minimum atomic E-state index is 0.719. The van der Waals surface area contributed by atoms with Crippen LogP contribution in [0.2, 0.25) is 0 Å². The summed E-state index contributed by atoms with van der Waals surface area (Å²) in [4.78, 5) is 0. The molecule has 0 amide bonds. The van der Waals surface area contributed by atoms with Gasteiger partial charge in [-0.15, -0.1) is 0 Å². The fraction of sp³-hybridized carbons (Fsp3) is 0.176. The third-order valence-corrected chi connectivity index (χ3v) is 2.25. The monoisotopic (exact) mass is 222 g/mol. The highest BCUT2D eigenvalue weighted by molar-refractivity contribution is 5.39. The molecule has 0 unspecified atom stereocenters. The predicted octanol–water partition coefficient (Wildman–Crippen LogP) is 4.51. The normalized spacial score (nSPS) is 10.4. The topological polar surface area (TPSA) is 0 Å². The van der Waals surface area contributed by atoms with Crippen LogP contribution >= 0.6 is 0 Å². The average Bonchev–Trinajstić information content (AvgIpc) is 2.28. The van der Waals surface area contributed by atoms with Gasteiger partial charge < -0.3 is 0 Å². The van der Waals surface area contributed by atoms with Crippen LogP contribution in [0.4, 0.5) is 0 Å². The molecule has 0 N–H and O–H groups in total. The minimum absolute atomic E-state index is 0.719. The van der Waals surface area contributed by atoms with Gasteiger partial charge in [-0.1, -0.05) is 60.4 Å². The lowest BCUT2D eigenvalue weighted by molar-refractivity contribution is 1.24. The van der Waals surface area contributed by atoms with E-state index in [4.69, 9.17) is 0 Å². The van der Waals surface area contributed by atoms with Crippen LogP contribution < -0.4 is 0 Å². The summed E-state index contributed by atoms with van der Waals surface area (Å²) < 4.78 is 0. The Balaban J connectivity index is 2.75. The number of rotatable bonds is 3. The van der Waals surface area contributed by atoms with Crippen LogP contribution in [0.3, 0.4) is 0 Å². The lowest BCUT2D eigenvalue weighted by Crippen LogP contribution is -1.84. The molecule has 0 spiro atoms. The van der Waals surface area contributed by atoms with Gasteiger partial charge in [-0.05, 0) is 31.6 Å². The lowest BCUT2D eigenvalue weighted by atomic mass is 10.0.